The highest BCUT2D eigenvalue weighted by Crippen LogP contribution is 2.22. The molecular formula is C31H46N8O2. The largest absolute Gasteiger partial charge is 0.480 e. The van der Waals surface area contributed by atoms with E-state index in [1.54, 1.807) is 0 Å². The first-order valence-electron chi connectivity index (χ1n) is 14.9. The lowest BCUT2D eigenvalue weighted by Crippen LogP contribution is -2.37. The third-order valence-electron chi connectivity index (χ3n) is 7.63. The number of aryl methyl sites for hydroxylation is 4. The van der Waals surface area contributed by atoms with Crippen molar-refractivity contribution in [1.82, 2.24) is 29.6 Å². The van der Waals surface area contributed by atoms with Gasteiger partial charge in [-0.3, -0.25) is 4.68 Å². The molecule has 0 aliphatic carbocycles. The van der Waals surface area contributed by atoms with Gasteiger partial charge in [0.05, 0.1) is 17.9 Å². The molecule has 0 saturated carbocycles. The number of pyridine rings is 1. The van der Waals surface area contributed by atoms with Crippen molar-refractivity contribution in [1.29, 1.82) is 0 Å². The van der Waals surface area contributed by atoms with Crippen LogP contribution in [0.3, 0.4) is 0 Å². The number of hydrogen-bond donors (Lipinski definition) is 3. The molecule has 3 N–H and O–H groups in total. The average Bonchev–Trinajstić information content (AvgIpc) is 3.27. The van der Waals surface area contributed by atoms with E-state index >= 15 is 0 Å². The number of aromatic nitrogens is 5. The second-order valence-corrected chi connectivity index (χ2v) is 12.2. The normalized spacial score (nSPS) is 14.0. The minimum Gasteiger partial charge on any atom is -0.480 e. The lowest BCUT2D eigenvalue weighted by molar-refractivity contribution is -0.138. The SMILES string of the molecule is Cc1cc(C)n(CCN(CCCCc2ccc3c(n2)NCCC3)CCC(Nc2cc(C(C)(C)C)ncn2)C(=O)O)n1. The zero-order valence-electron chi connectivity index (χ0n) is 25.3. The number of rotatable bonds is 14. The molecule has 41 heavy (non-hydrogen) atoms. The Hall–Kier alpha value is -3.53. The number of hydrogen-bond acceptors (Lipinski definition) is 8. The molecule has 0 bridgehead atoms. The quantitative estimate of drug-likeness (QED) is 0.242. The summed E-state index contributed by atoms with van der Waals surface area (Å²) in [6, 6.07) is 7.56. The van der Waals surface area contributed by atoms with E-state index in [2.05, 4.69) is 76.5 Å². The van der Waals surface area contributed by atoms with Crippen molar-refractivity contribution in [3.63, 3.8) is 0 Å². The average molecular weight is 563 g/mol. The van der Waals surface area contributed by atoms with E-state index in [0.29, 0.717) is 18.8 Å². The van der Waals surface area contributed by atoms with Gasteiger partial charge in [0.1, 0.15) is 24.0 Å². The van der Waals surface area contributed by atoms with Gasteiger partial charge >= 0.3 is 5.97 Å². The number of carbonyl (C=O) groups is 1. The Labute approximate surface area is 244 Å². The summed E-state index contributed by atoms with van der Waals surface area (Å²) < 4.78 is 2.04. The number of anilines is 2. The Bertz CT molecular complexity index is 1300. The van der Waals surface area contributed by atoms with E-state index in [4.69, 9.17) is 4.98 Å². The topological polar surface area (TPSA) is 121 Å². The Morgan fingerprint density at radius 1 is 1.15 bits per heavy atom. The zero-order chi connectivity index (χ0) is 29.4. The molecule has 0 saturated heterocycles. The number of aliphatic carboxylic acids is 1. The lowest BCUT2D eigenvalue weighted by atomic mass is 9.92. The van der Waals surface area contributed by atoms with E-state index in [0.717, 1.165) is 86.9 Å². The Morgan fingerprint density at radius 2 is 1.98 bits per heavy atom. The molecule has 1 aliphatic heterocycles. The van der Waals surface area contributed by atoms with Crippen LogP contribution in [-0.2, 0) is 29.6 Å². The van der Waals surface area contributed by atoms with E-state index in [1.165, 1.54) is 11.9 Å². The number of nitrogens with zero attached hydrogens (tertiary/aromatic N) is 6. The third-order valence-corrected chi connectivity index (χ3v) is 7.63. The number of unbranched alkanes of at least 4 members (excludes halogenated alkanes) is 1. The van der Waals surface area contributed by atoms with Crippen LogP contribution in [0.25, 0.3) is 0 Å². The third kappa shape index (κ3) is 8.98. The molecule has 10 heteroatoms. The van der Waals surface area contributed by atoms with Crippen molar-refractivity contribution < 1.29 is 9.90 Å². The van der Waals surface area contributed by atoms with E-state index in [-0.39, 0.29) is 5.41 Å². The molecule has 0 fully saturated rings. The van der Waals surface area contributed by atoms with Gasteiger partial charge in [-0.15, -0.1) is 0 Å². The first-order valence-corrected chi connectivity index (χ1v) is 14.9. The minimum atomic E-state index is -0.883. The fraction of sp³-hybridized carbons (Fsp3) is 0.581. The molecule has 1 aliphatic rings. The van der Waals surface area contributed by atoms with Crippen LogP contribution in [0.2, 0.25) is 0 Å². The highest BCUT2D eigenvalue weighted by Gasteiger charge is 2.22. The van der Waals surface area contributed by atoms with Crippen LogP contribution in [0.15, 0.2) is 30.6 Å². The number of carboxylic acid groups (broad SMARTS) is 1. The van der Waals surface area contributed by atoms with Gasteiger partial charge in [0.15, 0.2) is 0 Å². The van der Waals surface area contributed by atoms with Crippen LogP contribution in [0, 0.1) is 13.8 Å². The monoisotopic (exact) mass is 562 g/mol. The maximum Gasteiger partial charge on any atom is 0.326 e. The van der Waals surface area contributed by atoms with Crippen LogP contribution in [0.5, 0.6) is 0 Å². The Balaban J connectivity index is 1.35. The maximum absolute atomic E-state index is 12.2. The summed E-state index contributed by atoms with van der Waals surface area (Å²) in [6.45, 7) is 14.4. The first kappa shape index (κ1) is 30.4. The van der Waals surface area contributed by atoms with Gasteiger partial charge in [-0.1, -0.05) is 26.8 Å². The van der Waals surface area contributed by atoms with E-state index in [9.17, 15) is 9.90 Å². The van der Waals surface area contributed by atoms with Crippen molar-refractivity contribution in [2.75, 3.05) is 36.8 Å². The fourth-order valence-electron chi connectivity index (χ4n) is 5.22. The van der Waals surface area contributed by atoms with Gasteiger partial charge in [-0.25, -0.2) is 19.7 Å². The second-order valence-electron chi connectivity index (χ2n) is 12.2. The number of fused-ring (bicyclic) bond motifs is 1. The predicted octanol–water partition coefficient (Wildman–Crippen LogP) is 4.62. The number of nitrogens with one attached hydrogen (secondary N) is 2. The van der Waals surface area contributed by atoms with Gasteiger partial charge in [-0.2, -0.15) is 5.10 Å². The van der Waals surface area contributed by atoms with Gasteiger partial charge < -0.3 is 20.6 Å². The molecule has 222 valence electrons. The number of carboxylic acids is 1. The second kappa shape index (κ2) is 13.9. The summed E-state index contributed by atoms with van der Waals surface area (Å²) in [5.41, 5.74) is 5.31. The summed E-state index contributed by atoms with van der Waals surface area (Å²) >= 11 is 0. The van der Waals surface area contributed by atoms with E-state index in [1.807, 2.05) is 17.7 Å². The predicted molar refractivity (Wildman–Crippen MR) is 163 cm³/mol. The molecule has 3 aromatic heterocycles. The maximum atomic E-state index is 12.2. The Kier molecular flexibility index (Phi) is 10.3. The molecule has 0 aromatic carbocycles. The minimum absolute atomic E-state index is 0.150. The highest BCUT2D eigenvalue weighted by atomic mass is 16.4. The van der Waals surface area contributed by atoms with Gasteiger partial charge in [0, 0.05) is 42.5 Å². The molecule has 1 atom stereocenters. The molecular weight excluding hydrogens is 516 g/mol. The van der Waals surface area contributed by atoms with Crippen molar-refractivity contribution >= 4 is 17.6 Å². The molecule has 10 nitrogen and oxygen atoms in total. The van der Waals surface area contributed by atoms with Crippen molar-refractivity contribution in [2.24, 2.45) is 0 Å². The van der Waals surface area contributed by atoms with Gasteiger partial charge in [-0.05, 0) is 76.6 Å². The van der Waals surface area contributed by atoms with E-state index < -0.39 is 12.0 Å². The van der Waals surface area contributed by atoms with Gasteiger partial charge in [0.25, 0.3) is 0 Å². The van der Waals surface area contributed by atoms with Crippen LogP contribution >= 0.6 is 0 Å². The van der Waals surface area contributed by atoms with Crippen LogP contribution in [-0.4, -0.2) is 72.9 Å². The summed E-state index contributed by atoms with van der Waals surface area (Å²) in [5.74, 6) is 0.704. The Morgan fingerprint density at radius 3 is 2.71 bits per heavy atom. The first-order chi connectivity index (χ1) is 19.6. The smallest absolute Gasteiger partial charge is 0.326 e. The van der Waals surface area contributed by atoms with Crippen LogP contribution in [0.1, 0.15) is 74.8 Å². The zero-order valence-corrected chi connectivity index (χ0v) is 25.3. The molecule has 0 spiro atoms. The van der Waals surface area contributed by atoms with Crippen LogP contribution in [0.4, 0.5) is 11.6 Å². The summed E-state index contributed by atoms with van der Waals surface area (Å²) in [7, 11) is 0. The molecule has 1 unspecified atom stereocenters. The lowest BCUT2D eigenvalue weighted by Gasteiger charge is -2.25. The summed E-state index contributed by atoms with van der Waals surface area (Å²) in [4.78, 5) is 28.0. The van der Waals surface area contributed by atoms with Crippen molar-refractivity contribution in [2.45, 2.75) is 91.1 Å². The highest BCUT2D eigenvalue weighted by molar-refractivity contribution is 5.76. The fourth-order valence-corrected chi connectivity index (χ4v) is 5.22. The molecule has 0 amide bonds. The standard InChI is InChI=1S/C31H46N8O2/c1-22-19-23(2)39(37-22)18-17-38(15-7-6-10-25-12-11-24-9-8-14-32-29(24)35-25)16-13-26(30(40)41)36-28-20-27(31(3,4)5)33-21-34-28/h11-12,19-21,26H,6-10,13-18H2,1-5H3,(H,32,35)(H,40,41)(H,33,34,36). The van der Waals surface area contributed by atoms with Crippen molar-refractivity contribution in [3.05, 3.63) is 58.9 Å². The van der Waals surface area contributed by atoms with Gasteiger partial charge in [0.2, 0.25) is 0 Å². The molecule has 4 heterocycles. The summed E-state index contributed by atoms with van der Waals surface area (Å²) in [5, 5.41) is 21.2. The van der Waals surface area contributed by atoms with Crippen LogP contribution < -0.4 is 10.6 Å². The molecule has 0 radical (unpaired) electrons. The summed E-state index contributed by atoms with van der Waals surface area (Å²) in [6.07, 6.45) is 7.19. The molecule has 3 aromatic rings. The van der Waals surface area contributed by atoms with Crippen molar-refractivity contribution in [3.8, 4) is 0 Å². The molecule has 4 rings (SSSR count).